The minimum atomic E-state index is -2.71. The van der Waals surface area contributed by atoms with Crippen LogP contribution < -0.4 is 25.6 Å². The monoisotopic (exact) mass is 708 g/mol. The van der Waals surface area contributed by atoms with Crippen LogP contribution in [0, 0.1) is 0 Å². The van der Waals surface area contributed by atoms with Crippen molar-refractivity contribution in [1.82, 2.24) is 24.6 Å². The second kappa shape index (κ2) is 14.1. The van der Waals surface area contributed by atoms with Crippen molar-refractivity contribution < 1.29 is 18.8 Å². The summed E-state index contributed by atoms with van der Waals surface area (Å²) < 4.78 is 26.9. The molecule has 0 radical (unpaired) electrons. The smallest absolute Gasteiger partial charge is 0.410 e. The first kappa shape index (κ1) is 35.5. The predicted molar refractivity (Wildman–Crippen MR) is 207 cm³/mol. The fourth-order valence-electron chi connectivity index (χ4n) is 6.23. The highest BCUT2D eigenvalue weighted by Crippen LogP contribution is 2.43. The van der Waals surface area contributed by atoms with Crippen LogP contribution in [0.5, 0.6) is 5.75 Å². The van der Waals surface area contributed by atoms with E-state index < -0.39 is 12.7 Å². The van der Waals surface area contributed by atoms with Gasteiger partial charge in [-0.05, 0) is 57.0 Å². The van der Waals surface area contributed by atoms with Crippen LogP contribution in [0.15, 0.2) is 73.7 Å². The molecule has 6 rings (SSSR count). The van der Waals surface area contributed by atoms with Gasteiger partial charge in [-0.1, -0.05) is 43.0 Å². The zero-order valence-corrected chi connectivity index (χ0v) is 31.1. The highest BCUT2D eigenvalue weighted by atomic mass is 31.2. The molecule has 51 heavy (non-hydrogen) atoms. The standard InChI is InChI=1S/C38H45N8O4P/c1-9-25-22-39-36(43-35(25)41-30-15-14-26-12-10-11-13-28(26)34(30)51(7,8)48)42-31-20-29(27-23-40-44(5)24-27)32(21-33(31)49-6)45-16-18-46(19-17-45)37(47)50-38(2,3)4/h9-15,20-24H,1,16-19H2,2-8H3,(H2,39,41,42,43). The van der Waals surface area contributed by atoms with Crippen LogP contribution in [-0.2, 0) is 16.3 Å². The number of nitrogens with one attached hydrogen (secondary N) is 2. The summed E-state index contributed by atoms with van der Waals surface area (Å²) in [6.07, 6.45) is 6.85. The number of carbonyl (C=O) groups excluding carboxylic acids is 1. The van der Waals surface area contributed by atoms with Gasteiger partial charge in [0.2, 0.25) is 5.95 Å². The highest BCUT2D eigenvalue weighted by molar-refractivity contribution is 7.71. The van der Waals surface area contributed by atoms with E-state index in [9.17, 15) is 9.36 Å². The Hall–Kier alpha value is -5.35. The summed E-state index contributed by atoms with van der Waals surface area (Å²) in [6, 6.07) is 15.9. The maximum absolute atomic E-state index is 13.6. The largest absolute Gasteiger partial charge is 0.494 e. The predicted octanol–water partition coefficient (Wildman–Crippen LogP) is 7.47. The van der Waals surface area contributed by atoms with Crippen molar-refractivity contribution in [1.29, 1.82) is 0 Å². The molecule has 1 aliphatic rings. The molecule has 13 heteroatoms. The van der Waals surface area contributed by atoms with Gasteiger partial charge in [0.15, 0.2) is 0 Å². The zero-order chi connectivity index (χ0) is 36.5. The molecule has 5 aromatic rings. The molecule has 266 valence electrons. The number of ether oxygens (including phenoxy) is 2. The van der Waals surface area contributed by atoms with Gasteiger partial charge < -0.3 is 34.5 Å². The molecule has 1 amide bonds. The van der Waals surface area contributed by atoms with Gasteiger partial charge in [0.1, 0.15) is 24.3 Å². The van der Waals surface area contributed by atoms with Crippen LogP contribution in [-0.4, -0.2) is 83.0 Å². The number of carbonyl (C=O) groups is 1. The number of methoxy groups -OCH3 is 1. The van der Waals surface area contributed by atoms with Gasteiger partial charge in [-0.15, -0.1) is 0 Å². The maximum Gasteiger partial charge on any atom is 0.410 e. The topological polar surface area (TPSA) is 127 Å². The van der Waals surface area contributed by atoms with Crippen LogP contribution in [0.25, 0.3) is 28.0 Å². The lowest BCUT2D eigenvalue weighted by molar-refractivity contribution is 0.0240. The molecule has 2 N–H and O–H groups in total. The molecule has 3 heterocycles. The van der Waals surface area contributed by atoms with Gasteiger partial charge >= 0.3 is 6.09 Å². The van der Waals surface area contributed by atoms with Crippen LogP contribution in [0.1, 0.15) is 26.3 Å². The molecule has 0 atom stereocenters. The van der Waals surface area contributed by atoms with Crippen LogP contribution >= 0.6 is 7.14 Å². The third kappa shape index (κ3) is 7.86. The Balaban J connectivity index is 1.34. The van der Waals surface area contributed by atoms with Crippen molar-refractivity contribution in [2.75, 3.05) is 62.2 Å². The molecule has 0 saturated carbocycles. The first-order chi connectivity index (χ1) is 24.2. The molecule has 2 aromatic heterocycles. The number of aryl methyl sites for hydroxylation is 1. The van der Waals surface area contributed by atoms with Crippen LogP contribution in [0.4, 0.5) is 33.6 Å². The normalized spacial score (nSPS) is 13.6. The van der Waals surface area contributed by atoms with Crippen molar-refractivity contribution in [2.45, 2.75) is 26.4 Å². The number of rotatable bonds is 9. The maximum atomic E-state index is 13.6. The lowest BCUT2D eigenvalue weighted by atomic mass is 10.0. The van der Waals surface area contributed by atoms with E-state index in [0.717, 1.165) is 32.9 Å². The van der Waals surface area contributed by atoms with E-state index in [-0.39, 0.29) is 6.09 Å². The number of fused-ring (bicyclic) bond motifs is 1. The Kier molecular flexibility index (Phi) is 9.81. The minimum Gasteiger partial charge on any atom is -0.494 e. The van der Waals surface area contributed by atoms with Crippen molar-refractivity contribution in [3.05, 3.63) is 79.3 Å². The first-order valence-corrected chi connectivity index (χ1v) is 19.4. The zero-order valence-electron chi connectivity index (χ0n) is 30.2. The summed E-state index contributed by atoms with van der Waals surface area (Å²) in [5.74, 6) is 1.43. The van der Waals surface area contributed by atoms with E-state index in [1.807, 2.05) is 88.7 Å². The Labute approximate surface area is 298 Å². The van der Waals surface area contributed by atoms with Crippen molar-refractivity contribution in [3.8, 4) is 16.9 Å². The third-order valence-electron chi connectivity index (χ3n) is 8.58. The fourth-order valence-corrected chi connectivity index (χ4v) is 7.72. The van der Waals surface area contributed by atoms with E-state index in [1.165, 1.54) is 0 Å². The van der Waals surface area contributed by atoms with E-state index in [4.69, 9.17) is 14.5 Å². The van der Waals surface area contributed by atoms with Crippen molar-refractivity contribution in [3.63, 3.8) is 0 Å². The average Bonchev–Trinajstić information content (AvgIpc) is 3.52. The van der Waals surface area contributed by atoms with Gasteiger partial charge in [0, 0.05) is 79.4 Å². The summed E-state index contributed by atoms with van der Waals surface area (Å²) >= 11 is 0. The lowest BCUT2D eigenvalue weighted by Crippen LogP contribution is -2.50. The Morgan fingerprint density at radius 1 is 1.00 bits per heavy atom. The van der Waals surface area contributed by atoms with Gasteiger partial charge in [-0.3, -0.25) is 4.68 Å². The number of aromatic nitrogens is 4. The molecule has 0 unspecified atom stereocenters. The second-order valence-corrected chi connectivity index (χ2v) is 17.1. The molecule has 1 fully saturated rings. The molecule has 0 aliphatic carbocycles. The van der Waals surface area contributed by atoms with E-state index in [0.29, 0.717) is 60.6 Å². The van der Waals surface area contributed by atoms with Gasteiger partial charge in [-0.2, -0.15) is 10.1 Å². The molecule has 0 spiro atoms. The summed E-state index contributed by atoms with van der Waals surface area (Å²) in [5.41, 5.74) is 4.30. The quantitative estimate of drug-likeness (QED) is 0.149. The average molecular weight is 709 g/mol. The summed E-state index contributed by atoms with van der Waals surface area (Å²) in [5, 5.41) is 14.0. The number of hydrogen-bond acceptors (Lipinski definition) is 10. The van der Waals surface area contributed by atoms with Gasteiger partial charge in [-0.25, -0.2) is 9.78 Å². The van der Waals surface area contributed by atoms with Crippen LogP contribution in [0.2, 0.25) is 0 Å². The first-order valence-electron chi connectivity index (χ1n) is 16.8. The van der Waals surface area contributed by atoms with Crippen LogP contribution in [0.3, 0.4) is 0 Å². The summed E-state index contributed by atoms with van der Waals surface area (Å²) in [4.78, 5) is 26.2. The molecule has 0 bridgehead atoms. The molecular weight excluding hydrogens is 663 g/mol. The number of piperazine rings is 1. The Morgan fingerprint density at radius 2 is 1.75 bits per heavy atom. The van der Waals surface area contributed by atoms with Crippen molar-refractivity contribution >= 4 is 64.2 Å². The molecule has 1 saturated heterocycles. The lowest BCUT2D eigenvalue weighted by Gasteiger charge is -2.37. The van der Waals surface area contributed by atoms with Gasteiger partial charge in [0.05, 0.1) is 24.7 Å². The van der Waals surface area contributed by atoms with Crippen molar-refractivity contribution in [2.24, 2.45) is 7.05 Å². The number of anilines is 5. The summed E-state index contributed by atoms with van der Waals surface area (Å²) in [6.45, 7) is 15.4. The van der Waals surface area contributed by atoms with E-state index in [2.05, 4.69) is 32.2 Å². The van der Waals surface area contributed by atoms with E-state index in [1.54, 1.807) is 42.3 Å². The second-order valence-electron chi connectivity index (χ2n) is 13.9. The third-order valence-corrected chi connectivity index (χ3v) is 10.1. The SMILES string of the molecule is C=Cc1cnc(Nc2cc(-c3cnn(C)c3)c(N3CCN(C(=O)OC(C)(C)C)CC3)cc2OC)nc1Nc1ccc2ccccc2c1P(C)(C)=O. The summed E-state index contributed by atoms with van der Waals surface area (Å²) in [7, 11) is 0.798. The Bertz CT molecular complexity index is 2140. The fraction of sp³-hybridized carbons (Fsp3) is 0.316. The molecule has 12 nitrogen and oxygen atoms in total. The van der Waals surface area contributed by atoms with E-state index >= 15 is 0 Å². The number of benzene rings is 3. The molecular formula is C38H45N8O4P. The minimum absolute atomic E-state index is 0.307. The number of hydrogen-bond donors (Lipinski definition) is 2. The molecule has 1 aliphatic heterocycles. The highest BCUT2D eigenvalue weighted by Gasteiger charge is 2.28. The van der Waals surface area contributed by atoms with Gasteiger partial charge in [0.25, 0.3) is 0 Å². The number of nitrogens with zero attached hydrogens (tertiary/aromatic N) is 6. The Morgan fingerprint density at radius 3 is 2.39 bits per heavy atom. The molecule has 3 aromatic carbocycles. The number of amides is 1.